The zero-order valence-corrected chi connectivity index (χ0v) is 29.3. The first-order valence-electron chi connectivity index (χ1n) is 14.4. The SMILES string of the molecule is CO[C@@]1(NC(=O)C(NC(=O)c2ccc(OC(C)=O)c(OC(C)=O)c2)c2csc(NC=O)n2)C(=O)N2C(C(=O)O)=C(CSc3nnnn3C)CS[C@H]21. The van der Waals surface area contributed by atoms with E-state index in [1.165, 1.54) is 34.0 Å². The highest BCUT2D eigenvalue weighted by molar-refractivity contribution is 8.01. The summed E-state index contributed by atoms with van der Waals surface area (Å²) in [5.74, 6) is -5.68. The highest BCUT2D eigenvalue weighted by atomic mass is 32.2. The Labute approximate surface area is 299 Å². The normalized spacial score (nSPS) is 18.5. The van der Waals surface area contributed by atoms with Gasteiger partial charge in [-0.1, -0.05) is 11.8 Å². The number of tetrazole rings is 1. The Morgan fingerprint density at radius 1 is 1.18 bits per heavy atom. The van der Waals surface area contributed by atoms with Crippen LogP contribution in [-0.2, 0) is 40.6 Å². The molecule has 0 spiro atoms. The molecule has 1 unspecified atom stereocenters. The maximum Gasteiger partial charge on any atom is 0.352 e. The van der Waals surface area contributed by atoms with Gasteiger partial charge in [-0.3, -0.25) is 33.7 Å². The average Bonchev–Trinajstić information content (AvgIpc) is 3.72. The molecular weight excluding hydrogens is 735 g/mol. The fraction of sp³-hybridized carbons (Fsp3) is 0.321. The van der Waals surface area contributed by atoms with Crippen LogP contribution in [0.1, 0.15) is 35.9 Å². The molecule has 0 radical (unpaired) electrons. The van der Waals surface area contributed by atoms with Gasteiger partial charge in [-0.25, -0.2) is 14.5 Å². The number of nitrogens with one attached hydrogen (secondary N) is 3. The fourth-order valence-corrected chi connectivity index (χ4v) is 8.07. The molecule has 2 aliphatic rings. The first-order chi connectivity index (χ1) is 24.3. The number of hydrogen-bond acceptors (Lipinski definition) is 17. The number of thiazole rings is 1. The van der Waals surface area contributed by atoms with Crippen LogP contribution in [0, 0.1) is 0 Å². The predicted octanol–water partition coefficient (Wildman–Crippen LogP) is 0.0616. The number of benzene rings is 1. The highest BCUT2D eigenvalue weighted by Gasteiger charge is 2.67. The van der Waals surface area contributed by atoms with E-state index in [4.69, 9.17) is 14.2 Å². The summed E-state index contributed by atoms with van der Waals surface area (Å²) in [5.41, 5.74) is -2.08. The summed E-state index contributed by atoms with van der Waals surface area (Å²) in [5, 5.41) is 29.6. The number of carbonyl (C=O) groups excluding carboxylic acids is 6. The monoisotopic (exact) mass is 761 g/mol. The molecule has 0 saturated carbocycles. The van der Waals surface area contributed by atoms with Crippen LogP contribution in [0.3, 0.4) is 0 Å². The standard InChI is InChI=1S/C28H27N9O11S3/c1-12(39)47-17-6-5-14(7-18(17)48-13(2)40)21(41)31-19(16-10-50-26(30-16)29-11-38)22(42)32-28(46-4)24(45)37-20(23(43)44)15(8-49-25(28)37)9-51-27-33-34-35-36(27)3/h5-7,10-11,19,25H,8-9H2,1-4H3,(H,31,41)(H,32,42)(H,43,44)(H,29,30,38)/t19?,25-,28-/m0/s1. The van der Waals surface area contributed by atoms with Crippen molar-refractivity contribution in [1.82, 2.24) is 40.7 Å². The number of aryl methyl sites for hydroxylation is 1. The molecule has 51 heavy (non-hydrogen) atoms. The summed E-state index contributed by atoms with van der Waals surface area (Å²) in [6.07, 6.45) is 0.365. The van der Waals surface area contributed by atoms with Crippen LogP contribution < -0.4 is 25.4 Å². The zero-order valence-electron chi connectivity index (χ0n) is 26.9. The van der Waals surface area contributed by atoms with Crippen molar-refractivity contribution in [2.45, 2.75) is 36.1 Å². The van der Waals surface area contributed by atoms with E-state index in [0.29, 0.717) is 17.1 Å². The van der Waals surface area contributed by atoms with E-state index in [-0.39, 0.29) is 45.1 Å². The molecule has 3 atom stereocenters. The molecule has 4 amide bonds. The van der Waals surface area contributed by atoms with Crippen LogP contribution in [0.4, 0.5) is 5.13 Å². The second kappa shape index (κ2) is 15.2. The number of esters is 2. The topological polar surface area (TPSA) is 263 Å². The number of aliphatic carboxylic acids is 1. The van der Waals surface area contributed by atoms with Gasteiger partial charge in [0.05, 0.1) is 5.69 Å². The Morgan fingerprint density at radius 2 is 1.90 bits per heavy atom. The first-order valence-corrected chi connectivity index (χ1v) is 17.3. The number of hydrogen-bond donors (Lipinski definition) is 4. The molecule has 1 fully saturated rings. The minimum absolute atomic E-state index is 0.0400. The van der Waals surface area contributed by atoms with Crippen LogP contribution in [-0.4, -0.2) is 107 Å². The van der Waals surface area contributed by atoms with Crippen molar-refractivity contribution in [2.24, 2.45) is 7.05 Å². The van der Waals surface area contributed by atoms with Crippen LogP contribution in [0.5, 0.6) is 11.5 Å². The van der Waals surface area contributed by atoms with Gasteiger partial charge in [0.25, 0.3) is 23.4 Å². The lowest BCUT2D eigenvalue weighted by molar-refractivity contribution is -0.192. The number of β-lactam (4-membered cyclic amide) rings is 1. The lowest BCUT2D eigenvalue weighted by atomic mass is 9.97. The number of anilines is 1. The van der Waals surface area contributed by atoms with Crippen LogP contribution in [0.15, 0.2) is 40.0 Å². The van der Waals surface area contributed by atoms with Crippen molar-refractivity contribution in [1.29, 1.82) is 0 Å². The molecule has 3 aromatic rings. The Bertz CT molecular complexity index is 1970. The lowest BCUT2D eigenvalue weighted by Gasteiger charge is -2.56. The smallest absolute Gasteiger partial charge is 0.352 e. The molecule has 4 heterocycles. The van der Waals surface area contributed by atoms with E-state index in [9.17, 15) is 38.7 Å². The number of nitrogens with zero attached hydrogens (tertiary/aromatic N) is 6. The van der Waals surface area contributed by atoms with Gasteiger partial charge < -0.3 is 35.3 Å². The summed E-state index contributed by atoms with van der Waals surface area (Å²) in [6.45, 7) is 2.23. The van der Waals surface area contributed by atoms with Gasteiger partial charge in [-0.05, 0) is 34.2 Å². The Morgan fingerprint density at radius 3 is 2.53 bits per heavy atom. The van der Waals surface area contributed by atoms with Crippen molar-refractivity contribution in [3.05, 3.63) is 46.1 Å². The number of fused-ring (bicyclic) bond motifs is 1. The summed E-state index contributed by atoms with van der Waals surface area (Å²) in [6, 6.07) is 1.97. The van der Waals surface area contributed by atoms with E-state index in [2.05, 4.69) is 36.5 Å². The van der Waals surface area contributed by atoms with Crippen molar-refractivity contribution < 1.29 is 52.9 Å². The van der Waals surface area contributed by atoms with Gasteiger partial charge >= 0.3 is 17.9 Å². The number of carboxylic acid groups (broad SMARTS) is 1. The van der Waals surface area contributed by atoms with E-state index in [0.717, 1.165) is 55.0 Å². The molecule has 23 heteroatoms. The number of carboxylic acids is 1. The summed E-state index contributed by atoms with van der Waals surface area (Å²) < 4.78 is 17.1. The van der Waals surface area contributed by atoms with Gasteiger partial charge in [-0.15, -0.1) is 28.2 Å². The predicted molar refractivity (Wildman–Crippen MR) is 176 cm³/mol. The number of methoxy groups -OCH3 is 1. The minimum atomic E-state index is -2.05. The van der Waals surface area contributed by atoms with E-state index in [1.807, 2.05) is 0 Å². The van der Waals surface area contributed by atoms with Gasteiger partial charge in [-0.2, -0.15) is 0 Å². The van der Waals surface area contributed by atoms with Crippen LogP contribution >= 0.6 is 34.9 Å². The molecular formula is C28H27N9O11S3. The first kappa shape index (κ1) is 36.9. The van der Waals surface area contributed by atoms with Crippen LogP contribution in [0.2, 0.25) is 0 Å². The Kier molecular flexibility index (Phi) is 11.0. The van der Waals surface area contributed by atoms with Gasteiger partial charge in [0.2, 0.25) is 11.6 Å². The zero-order chi connectivity index (χ0) is 37.0. The molecule has 2 aromatic heterocycles. The fourth-order valence-electron chi connectivity index (χ4n) is 4.95. The molecule has 268 valence electrons. The van der Waals surface area contributed by atoms with Gasteiger partial charge in [0.15, 0.2) is 22.7 Å². The van der Waals surface area contributed by atoms with E-state index in [1.54, 1.807) is 7.05 Å². The summed E-state index contributed by atoms with van der Waals surface area (Å²) in [7, 11) is 2.79. The minimum Gasteiger partial charge on any atom is -0.477 e. The molecule has 1 aromatic carbocycles. The largest absolute Gasteiger partial charge is 0.477 e. The molecule has 0 aliphatic carbocycles. The third-order valence-electron chi connectivity index (χ3n) is 7.15. The number of aromatic nitrogens is 5. The molecule has 2 aliphatic heterocycles. The van der Waals surface area contributed by atoms with Crippen molar-refractivity contribution in [3.63, 3.8) is 0 Å². The van der Waals surface area contributed by atoms with Crippen LogP contribution in [0.25, 0.3) is 0 Å². The number of thioether (sulfide) groups is 2. The number of ether oxygens (including phenoxy) is 3. The third kappa shape index (κ3) is 7.54. The van der Waals surface area contributed by atoms with Crippen molar-refractivity contribution in [2.75, 3.05) is 23.9 Å². The van der Waals surface area contributed by atoms with Crippen molar-refractivity contribution >= 4 is 82.0 Å². The number of carbonyl (C=O) groups is 7. The third-order valence-corrected chi connectivity index (χ3v) is 10.4. The average molecular weight is 762 g/mol. The molecule has 4 N–H and O–H groups in total. The molecule has 1 saturated heterocycles. The lowest BCUT2D eigenvalue weighted by Crippen LogP contribution is -2.81. The summed E-state index contributed by atoms with van der Waals surface area (Å²) >= 11 is 3.27. The van der Waals surface area contributed by atoms with E-state index >= 15 is 0 Å². The summed E-state index contributed by atoms with van der Waals surface area (Å²) in [4.78, 5) is 93.2. The highest BCUT2D eigenvalue weighted by Crippen LogP contribution is 2.47. The maximum atomic E-state index is 14.0. The number of amides is 4. The molecule has 0 bridgehead atoms. The second-order valence-corrected chi connectivity index (χ2v) is 13.4. The maximum absolute atomic E-state index is 14.0. The Balaban J connectivity index is 1.42. The Hall–Kier alpha value is -5.39. The van der Waals surface area contributed by atoms with Gasteiger partial charge in [0, 0.05) is 50.5 Å². The van der Waals surface area contributed by atoms with Crippen molar-refractivity contribution in [3.8, 4) is 11.5 Å². The second-order valence-electron chi connectivity index (χ2n) is 10.5. The molecule has 5 rings (SSSR count). The quantitative estimate of drug-likeness (QED) is 0.0423. The molecule has 20 nitrogen and oxygen atoms in total. The van der Waals surface area contributed by atoms with E-state index < -0.39 is 52.8 Å². The van der Waals surface area contributed by atoms with Gasteiger partial charge in [0.1, 0.15) is 11.1 Å². The number of rotatable bonds is 14.